The first kappa shape index (κ1) is 24.2. The molecule has 5 nitrogen and oxygen atoms in total. The Hall–Kier alpha value is -2.90. The Morgan fingerprint density at radius 3 is 2.62 bits per heavy atom. The molecule has 7 heteroatoms. The maximum absolute atomic E-state index is 12.6. The van der Waals surface area contributed by atoms with Gasteiger partial charge in [-0.1, -0.05) is 60.6 Å². The molecule has 0 saturated carbocycles. The highest BCUT2D eigenvalue weighted by atomic mass is 79.9. The maximum Gasteiger partial charge on any atom is 0.260 e. The molecule has 0 bridgehead atoms. The molecule has 0 radical (unpaired) electrons. The summed E-state index contributed by atoms with van der Waals surface area (Å²) in [4.78, 5) is 13.2. The van der Waals surface area contributed by atoms with Crippen molar-refractivity contribution in [1.82, 2.24) is 5.32 Å². The molecule has 0 aliphatic carbocycles. The summed E-state index contributed by atoms with van der Waals surface area (Å²) in [5, 5.41) is 6.33. The van der Waals surface area contributed by atoms with Gasteiger partial charge in [-0.05, 0) is 76.3 Å². The van der Waals surface area contributed by atoms with Crippen LogP contribution < -0.4 is 20.1 Å². The van der Waals surface area contributed by atoms with Crippen molar-refractivity contribution in [2.45, 2.75) is 32.4 Å². The second-order valence-electron chi connectivity index (χ2n) is 7.99. The SMILES string of the molecule is CCc1ccc(N[C@@H]2NC(=O)/C(=C/c3cc(Br)c(OCc4cccc(C)c4)c(OC)c3)S2)cc1. The highest BCUT2D eigenvalue weighted by Crippen LogP contribution is 2.39. The van der Waals surface area contributed by atoms with Gasteiger partial charge in [0.05, 0.1) is 16.5 Å². The molecular weight excluding hydrogens is 512 g/mol. The molecule has 0 spiro atoms. The standard InChI is InChI=1S/C27H27BrN2O3S/c1-4-18-8-10-21(11-9-18)29-27-30-26(31)24(34-27)15-20-13-22(28)25(23(14-20)32-3)33-16-19-7-5-6-17(2)12-19/h5-15,27,29H,4,16H2,1-3H3,(H,30,31)/b24-15-/t27-/m1/s1. The Morgan fingerprint density at radius 2 is 1.91 bits per heavy atom. The van der Waals surface area contributed by atoms with Crippen molar-refractivity contribution in [3.63, 3.8) is 0 Å². The van der Waals surface area contributed by atoms with E-state index in [1.807, 2.05) is 42.5 Å². The molecular formula is C27H27BrN2O3S. The van der Waals surface area contributed by atoms with Crippen LogP contribution in [0.2, 0.25) is 0 Å². The van der Waals surface area contributed by atoms with Gasteiger partial charge in [-0.3, -0.25) is 4.79 Å². The minimum Gasteiger partial charge on any atom is -0.493 e. The zero-order valence-electron chi connectivity index (χ0n) is 19.4. The van der Waals surface area contributed by atoms with Gasteiger partial charge in [-0.15, -0.1) is 0 Å². The van der Waals surface area contributed by atoms with Gasteiger partial charge >= 0.3 is 0 Å². The minimum absolute atomic E-state index is 0.109. The fraction of sp³-hybridized carbons (Fsp3) is 0.222. The van der Waals surface area contributed by atoms with Crippen LogP contribution in [0.15, 0.2) is 70.0 Å². The van der Waals surface area contributed by atoms with Gasteiger partial charge in [0.1, 0.15) is 6.61 Å². The van der Waals surface area contributed by atoms with Crippen LogP contribution in [0, 0.1) is 6.92 Å². The second-order valence-corrected chi connectivity index (χ2v) is 9.99. The van der Waals surface area contributed by atoms with Crippen LogP contribution in [0.5, 0.6) is 11.5 Å². The summed E-state index contributed by atoms with van der Waals surface area (Å²) in [5.74, 6) is 1.12. The fourth-order valence-electron chi connectivity index (χ4n) is 3.63. The van der Waals surface area contributed by atoms with Crippen molar-refractivity contribution >= 4 is 45.4 Å². The molecule has 2 N–H and O–H groups in total. The molecule has 4 rings (SSSR count). The predicted molar refractivity (Wildman–Crippen MR) is 143 cm³/mol. The van der Waals surface area contributed by atoms with E-state index in [0.717, 1.165) is 27.7 Å². The highest BCUT2D eigenvalue weighted by Gasteiger charge is 2.27. The number of ether oxygens (including phenoxy) is 2. The summed E-state index contributed by atoms with van der Waals surface area (Å²) in [6, 6.07) is 20.3. The molecule has 3 aromatic rings. The van der Waals surface area contributed by atoms with E-state index in [2.05, 4.69) is 64.7 Å². The summed E-state index contributed by atoms with van der Waals surface area (Å²) in [6.07, 6.45) is 2.86. The third kappa shape index (κ3) is 5.96. The normalized spacial score (nSPS) is 16.4. The van der Waals surface area contributed by atoms with Crippen molar-refractivity contribution in [2.24, 2.45) is 0 Å². The smallest absolute Gasteiger partial charge is 0.260 e. The molecule has 1 saturated heterocycles. The summed E-state index contributed by atoms with van der Waals surface area (Å²) in [7, 11) is 1.61. The number of hydrogen-bond acceptors (Lipinski definition) is 5. The number of rotatable bonds is 8. The summed E-state index contributed by atoms with van der Waals surface area (Å²) >= 11 is 5.06. The van der Waals surface area contributed by atoms with Crippen molar-refractivity contribution in [2.75, 3.05) is 12.4 Å². The number of methoxy groups -OCH3 is 1. The first-order valence-electron chi connectivity index (χ1n) is 11.1. The summed E-state index contributed by atoms with van der Waals surface area (Å²) in [6.45, 7) is 4.62. The maximum atomic E-state index is 12.6. The van der Waals surface area contributed by atoms with Crippen LogP contribution in [-0.2, 0) is 17.8 Å². The highest BCUT2D eigenvalue weighted by molar-refractivity contribution is 9.10. The summed E-state index contributed by atoms with van der Waals surface area (Å²) < 4.78 is 12.4. The number of hydrogen-bond donors (Lipinski definition) is 2. The molecule has 1 atom stereocenters. The first-order chi connectivity index (χ1) is 16.4. The van der Waals surface area contributed by atoms with Gasteiger partial charge in [0.25, 0.3) is 5.91 Å². The molecule has 1 aliphatic heterocycles. The number of anilines is 1. The van der Waals surface area contributed by atoms with Gasteiger partial charge in [-0.2, -0.15) is 0 Å². The molecule has 176 valence electrons. The lowest BCUT2D eigenvalue weighted by Gasteiger charge is -2.14. The van der Waals surface area contributed by atoms with Crippen LogP contribution in [0.25, 0.3) is 6.08 Å². The Labute approximate surface area is 213 Å². The minimum atomic E-state index is -0.228. The molecule has 1 aliphatic rings. The van der Waals surface area contributed by atoms with Crippen LogP contribution in [-0.4, -0.2) is 18.5 Å². The number of aryl methyl sites for hydroxylation is 2. The van der Waals surface area contributed by atoms with Crippen molar-refractivity contribution in [1.29, 1.82) is 0 Å². The third-order valence-corrected chi connectivity index (χ3v) is 7.02. The van der Waals surface area contributed by atoms with Crippen LogP contribution in [0.1, 0.15) is 29.2 Å². The number of nitrogens with one attached hydrogen (secondary N) is 2. The average Bonchev–Trinajstić information content (AvgIpc) is 3.16. The Morgan fingerprint density at radius 1 is 1.12 bits per heavy atom. The summed E-state index contributed by atoms with van der Waals surface area (Å²) in [5.41, 5.74) is 5.14. The number of amides is 1. The first-order valence-corrected chi connectivity index (χ1v) is 12.7. The number of halogens is 1. The van der Waals surface area contributed by atoms with Crippen LogP contribution >= 0.6 is 27.7 Å². The zero-order chi connectivity index (χ0) is 24.1. The van der Waals surface area contributed by atoms with Gasteiger partial charge in [0.15, 0.2) is 17.0 Å². The fourth-order valence-corrected chi connectivity index (χ4v) is 5.18. The lowest BCUT2D eigenvalue weighted by molar-refractivity contribution is -0.116. The molecule has 1 heterocycles. The van der Waals surface area contributed by atoms with E-state index >= 15 is 0 Å². The Balaban J connectivity index is 1.47. The van der Waals surface area contributed by atoms with Gasteiger partial charge in [0, 0.05) is 5.69 Å². The number of thioether (sulfide) groups is 1. The van der Waals surface area contributed by atoms with E-state index in [1.54, 1.807) is 7.11 Å². The molecule has 0 unspecified atom stereocenters. The largest absolute Gasteiger partial charge is 0.493 e. The van der Waals surface area contributed by atoms with Crippen molar-refractivity contribution in [3.05, 3.63) is 92.3 Å². The number of carbonyl (C=O) groups is 1. The van der Waals surface area contributed by atoms with Crippen molar-refractivity contribution in [3.8, 4) is 11.5 Å². The van der Waals surface area contributed by atoms with E-state index in [1.165, 1.54) is 22.9 Å². The third-order valence-electron chi connectivity index (χ3n) is 5.41. The zero-order valence-corrected chi connectivity index (χ0v) is 21.8. The lowest BCUT2D eigenvalue weighted by atomic mass is 10.1. The molecule has 0 aromatic heterocycles. The lowest BCUT2D eigenvalue weighted by Crippen LogP contribution is -2.30. The van der Waals surface area contributed by atoms with E-state index in [4.69, 9.17) is 9.47 Å². The van der Waals surface area contributed by atoms with Crippen molar-refractivity contribution < 1.29 is 14.3 Å². The molecule has 1 amide bonds. The van der Waals surface area contributed by atoms with E-state index in [0.29, 0.717) is 23.0 Å². The van der Waals surface area contributed by atoms with Gasteiger partial charge < -0.3 is 20.1 Å². The van der Waals surface area contributed by atoms with E-state index in [-0.39, 0.29) is 11.4 Å². The monoisotopic (exact) mass is 538 g/mol. The van der Waals surface area contributed by atoms with Gasteiger partial charge in [-0.25, -0.2) is 0 Å². The van der Waals surface area contributed by atoms with E-state index < -0.39 is 0 Å². The molecule has 1 fully saturated rings. The Bertz CT molecular complexity index is 1210. The number of benzene rings is 3. The molecule has 34 heavy (non-hydrogen) atoms. The van der Waals surface area contributed by atoms with Gasteiger partial charge in [0.2, 0.25) is 0 Å². The second kappa shape index (κ2) is 11.0. The molecule has 3 aromatic carbocycles. The topological polar surface area (TPSA) is 59.6 Å². The average molecular weight is 539 g/mol. The predicted octanol–water partition coefficient (Wildman–Crippen LogP) is 6.51. The Kier molecular flexibility index (Phi) is 7.85. The van der Waals surface area contributed by atoms with Crippen LogP contribution in [0.3, 0.4) is 0 Å². The number of carbonyl (C=O) groups excluding carboxylic acids is 1. The quantitative estimate of drug-likeness (QED) is 0.320. The van der Waals surface area contributed by atoms with E-state index in [9.17, 15) is 4.79 Å². The van der Waals surface area contributed by atoms with Crippen LogP contribution in [0.4, 0.5) is 5.69 Å².